The van der Waals surface area contributed by atoms with Crippen molar-refractivity contribution in [3.8, 4) is 0 Å². The number of anilines is 1. The van der Waals surface area contributed by atoms with E-state index < -0.39 is 0 Å². The molecule has 0 saturated heterocycles. The maximum absolute atomic E-state index is 5.71. The summed E-state index contributed by atoms with van der Waals surface area (Å²) < 4.78 is 0. The van der Waals surface area contributed by atoms with Crippen LogP contribution in [0.4, 0.5) is 5.69 Å². The van der Waals surface area contributed by atoms with Crippen molar-refractivity contribution in [2.45, 2.75) is 13.5 Å². The minimum atomic E-state index is 0.503. The van der Waals surface area contributed by atoms with Gasteiger partial charge in [-0.15, -0.1) is 0 Å². The molecular weight excluding hydrogens is 222 g/mol. The smallest absolute Gasteiger partial charge is 0.129 e. The maximum atomic E-state index is 5.71. The van der Waals surface area contributed by atoms with Crippen LogP contribution in [0.25, 0.3) is 0 Å². The lowest BCUT2D eigenvalue weighted by molar-refractivity contribution is 1.05. The fourth-order valence-electron chi connectivity index (χ4n) is 1.38. The molecule has 4 heteroatoms. The molecule has 0 aliphatic heterocycles. The normalized spacial score (nSPS) is 10.1. The summed E-state index contributed by atoms with van der Waals surface area (Å²) in [6.45, 7) is 2.74. The van der Waals surface area contributed by atoms with E-state index in [1.54, 1.807) is 18.5 Å². The van der Waals surface area contributed by atoms with E-state index >= 15 is 0 Å². The van der Waals surface area contributed by atoms with E-state index in [0.29, 0.717) is 5.15 Å². The summed E-state index contributed by atoms with van der Waals surface area (Å²) in [7, 11) is 0. The highest BCUT2D eigenvalue weighted by Crippen LogP contribution is 2.12. The predicted octanol–water partition coefficient (Wildman–Crippen LogP) is 3.05. The zero-order valence-electron chi connectivity index (χ0n) is 8.94. The molecule has 2 aromatic rings. The standard InChI is InChI=1S/C12H12ClN3/c1-9-10(3-2-6-14-9)7-15-11-4-5-12(13)16-8-11/h2-6,8,15H,7H2,1H3. The van der Waals surface area contributed by atoms with Gasteiger partial charge in [0.15, 0.2) is 0 Å². The highest BCUT2D eigenvalue weighted by atomic mass is 35.5. The molecule has 0 bridgehead atoms. The average molecular weight is 234 g/mol. The summed E-state index contributed by atoms with van der Waals surface area (Å²) in [6.07, 6.45) is 3.51. The Morgan fingerprint density at radius 2 is 2.12 bits per heavy atom. The van der Waals surface area contributed by atoms with Gasteiger partial charge in [-0.3, -0.25) is 4.98 Å². The number of nitrogens with zero attached hydrogens (tertiary/aromatic N) is 2. The van der Waals surface area contributed by atoms with Gasteiger partial charge in [-0.05, 0) is 30.7 Å². The van der Waals surface area contributed by atoms with Crippen LogP contribution in [0.1, 0.15) is 11.3 Å². The first-order chi connectivity index (χ1) is 7.75. The molecular formula is C12H12ClN3. The van der Waals surface area contributed by atoms with E-state index in [1.165, 1.54) is 5.56 Å². The van der Waals surface area contributed by atoms with Gasteiger partial charge in [0, 0.05) is 18.4 Å². The quantitative estimate of drug-likeness (QED) is 0.828. The van der Waals surface area contributed by atoms with Crippen molar-refractivity contribution in [2.24, 2.45) is 0 Å². The molecule has 0 aliphatic carbocycles. The SMILES string of the molecule is Cc1ncccc1CNc1ccc(Cl)nc1. The highest BCUT2D eigenvalue weighted by molar-refractivity contribution is 6.29. The number of pyridine rings is 2. The van der Waals surface area contributed by atoms with Gasteiger partial charge in [0.1, 0.15) is 5.15 Å². The van der Waals surface area contributed by atoms with Crippen LogP contribution in [0.15, 0.2) is 36.7 Å². The van der Waals surface area contributed by atoms with Crippen LogP contribution in [0.2, 0.25) is 5.15 Å². The fourth-order valence-corrected chi connectivity index (χ4v) is 1.49. The third-order valence-electron chi connectivity index (χ3n) is 2.33. The van der Waals surface area contributed by atoms with Crippen molar-refractivity contribution in [3.63, 3.8) is 0 Å². The number of hydrogen-bond donors (Lipinski definition) is 1. The first-order valence-corrected chi connectivity index (χ1v) is 5.39. The van der Waals surface area contributed by atoms with Gasteiger partial charge in [0.05, 0.1) is 11.9 Å². The summed E-state index contributed by atoms with van der Waals surface area (Å²) >= 11 is 5.71. The van der Waals surface area contributed by atoms with E-state index in [2.05, 4.69) is 21.4 Å². The lowest BCUT2D eigenvalue weighted by Gasteiger charge is -2.07. The van der Waals surface area contributed by atoms with Crippen LogP contribution < -0.4 is 5.32 Å². The highest BCUT2D eigenvalue weighted by Gasteiger charge is 1.98. The third kappa shape index (κ3) is 2.70. The molecule has 2 heterocycles. The molecule has 1 N–H and O–H groups in total. The molecule has 0 unspecified atom stereocenters. The number of rotatable bonds is 3. The van der Waals surface area contributed by atoms with E-state index in [-0.39, 0.29) is 0 Å². The number of halogens is 1. The summed E-state index contributed by atoms with van der Waals surface area (Å²) in [5.74, 6) is 0. The van der Waals surface area contributed by atoms with E-state index in [4.69, 9.17) is 11.6 Å². The molecule has 0 fully saturated rings. The summed E-state index contributed by atoms with van der Waals surface area (Å²) in [5, 5.41) is 3.77. The van der Waals surface area contributed by atoms with Gasteiger partial charge in [-0.2, -0.15) is 0 Å². The first kappa shape index (κ1) is 10.9. The molecule has 0 saturated carbocycles. The molecule has 3 nitrogen and oxygen atoms in total. The molecule has 2 rings (SSSR count). The molecule has 16 heavy (non-hydrogen) atoms. The molecule has 82 valence electrons. The van der Waals surface area contributed by atoms with Crippen molar-refractivity contribution in [1.82, 2.24) is 9.97 Å². The van der Waals surface area contributed by atoms with E-state index in [9.17, 15) is 0 Å². The van der Waals surface area contributed by atoms with Crippen molar-refractivity contribution in [1.29, 1.82) is 0 Å². The van der Waals surface area contributed by atoms with Crippen molar-refractivity contribution >= 4 is 17.3 Å². The largest absolute Gasteiger partial charge is 0.380 e. The second-order valence-corrected chi connectivity index (χ2v) is 3.86. The maximum Gasteiger partial charge on any atom is 0.129 e. The van der Waals surface area contributed by atoms with Crippen LogP contribution in [-0.4, -0.2) is 9.97 Å². The number of aryl methyl sites for hydroxylation is 1. The van der Waals surface area contributed by atoms with E-state index in [0.717, 1.165) is 17.9 Å². The van der Waals surface area contributed by atoms with Crippen molar-refractivity contribution in [3.05, 3.63) is 53.1 Å². The minimum absolute atomic E-state index is 0.503. The average Bonchev–Trinajstić information content (AvgIpc) is 2.30. The molecule has 0 spiro atoms. The van der Waals surface area contributed by atoms with E-state index in [1.807, 2.05) is 19.1 Å². The Hall–Kier alpha value is -1.61. The second-order valence-electron chi connectivity index (χ2n) is 3.47. The van der Waals surface area contributed by atoms with Gasteiger partial charge in [-0.1, -0.05) is 17.7 Å². The third-order valence-corrected chi connectivity index (χ3v) is 2.55. The molecule has 0 atom stereocenters. The van der Waals surface area contributed by atoms with Gasteiger partial charge < -0.3 is 5.32 Å². The minimum Gasteiger partial charge on any atom is -0.380 e. The Balaban J connectivity index is 2.02. The lowest BCUT2D eigenvalue weighted by atomic mass is 10.2. The van der Waals surface area contributed by atoms with Crippen molar-refractivity contribution < 1.29 is 0 Å². The van der Waals surface area contributed by atoms with Crippen LogP contribution in [0.3, 0.4) is 0 Å². The van der Waals surface area contributed by atoms with Gasteiger partial charge in [0.25, 0.3) is 0 Å². The Morgan fingerprint density at radius 3 is 2.81 bits per heavy atom. The first-order valence-electron chi connectivity index (χ1n) is 5.01. The second kappa shape index (κ2) is 4.94. The summed E-state index contributed by atoms with van der Waals surface area (Å²) in [6, 6.07) is 7.66. The molecule has 2 aromatic heterocycles. The molecule has 0 aromatic carbocycles. The van der Waals surface area contributed by atoms with Crippen molar-refractivity contribution in [2.75, 3.05) is 5.32 Å². The van der Waals surface area contributed by atoms with Crippen LogP contribution in [0, 0.1) is 6.92 Å². The lowest BCUT2D eigenvalue weighted by Crippen LogP contribution is -2.02. The van der Waals surface area contributed by atoms with Crippen LogP contribution in [0.5, 0.6) is 0 Å². The number of nitrogens with one attached hydrogen (secondary N) is 1. The zero-order chi connectivity index (χ0) is 11.4. The molecule has 0 radical (unpaired) electrons. The van der Waals surface area contributed by atoms with Gasteiger partial charge in [-0.25, -0.2) is 4.98 Å². The Labute approximate surface area is 99.5 Å². The van der Waals surface area contributed by atoms with Gasteiger partial charge >= 0.3 is 0 Å². The zero-order valence-corrected chi connectivity index (χ0v) is 9.70. The van der Waals surface area contributed by atoms with Crippen LogP contribution in [-0.2, 0) is 6.54 Å². The fraction of sp³-hybridized carbons (Fsp3) is 0.167. The predicted molar refractivity (Wildman–Crippen MR) is 65.5 cm³/mol. The molecule has 0 amide bonds. The Bertz CT molecular complexity index is 468. The summed E-state index contributed by atoms with van der Waals surface area (Å²) in [5.41, 5.74) is 3.17. The van der Waals surface area contributed by atoms with Crippen LogP contribution >= 0.6 is 11.6 Å². The Kier molecular flexibility index (Phi) is 3.37. The molecule has 0 aliphatic rings. The Morgan fingerprint density at radius 1 is 1.25 bits per heavy atom. The van der Waals surface area contributed by atoms with Gasteiger partial charge in [0.2, 0.25) is 0 Å². The topological polar surface area (TPSA) is 37.8 Å². The number of hydrogen-bond acceptors (Lipinski definition) is 3. The monoisotopic (exact) mass is 233 g/mol. The summed E-state index contributed by atoms with van der Waals surface area (Å²) in [4.78, 5) is 8.23. The number of aromatic nitrogens is 2.